The fourth-order valence-electron chi connectivity index (χ4n) is 6.76. The van der Waals surface area contributed by atoms with Crippen molar-refractivity contribution >= 4 is 50.4 Å². The molecule has 0 aromatic heterocycles. The quantitative estimate of drug-likeness (QED) is 0.147. The van der Waals surface area contributed by atoms with Crippen molar-refractivity contribution in [2.45, 2.75) is 57.5 Å². The van der Waals surface area contributed by atoms with Crippen molar-refractivity contribution in [2.24, 2.45) is 5.92 Å². The number of alkyl halides is 1. The number of carbonyl (C=O) groups excluding carboxylic acids is 2. The van der Waals surface area contributed by atoms with Crippen LogP contribution in [0.1, 0.15) is 62.9 Å². The molecular formula is C39H47ClFN5O7S. The molecule has 1 N–H and O–H groups in total. The Morgan fingerprint density at radius 2 is 1.56 bits per heavy atom. The molecule has 290 valence electrons. The minimum absolute atomic E-state index is 0.000142. The summed E-state index contributed by atoms with van der Waals surface area (Å²) in [5, 5.41) is 12.6. The molecule has 5 rings (SSSR count). The summed E-state index contributed by atoms with van der Waals surface area (Å²) >= 11 is 6.14. The number of rotatable bonds is 13. The van der Waals surface area contributed by atoms with Crippen molar-refractivity contribution in [3.8, 4) is 5.75 Å². The number of hydrogen-bond donors (Lipinski definition) is 1. The van der Waals surface area contributed by atoms with Crippen LogP contribution in [0, 0.1) is 16.0 Å². The van der Waals surface area contributed by atoms with Gasteiger partial charge in [0.15, 0.2) is 5.75 Å². The molecule has 2 amide bonds. The van der Waals surface area contributed by atoms with Gasteiger partial charge in [-0.05, 0) is 78.9 Å². The molecule has 2 heterocycles. The van der Waals surface area contributed by atoms with Crippen molar-refractivity contribution in [2.75, 3.05) is 57.3 Å². The summed E-state index contributed by atoms with van der Waals surface area (Å²) < 4.78 is 49.1. The van der Waals surface area contributed by atoms with E-state index in [-0.39, 0.29) is 43.2 Å². The number of nitro groups is 1. The lowest BCUT2D eigenvalue weighted by molar-refractivity contribution is -0.386. The Labute approximate surface area is 321 Å². The van der Waals surface area contributed by atoms with Gasteiger partial charge < -0.3 is 14.5 Å². The molecular weight excluding hydrogens is 737 g/mol. The number of ether oxygens (including phenoxy) is 1. The number of likely N-dealkylation sites (tertiary alicyclic amines) is 1. The van der Waals surface area contributed by atoms with E-state index >= 15 is 4.39 Å². The van der Waals surface area contributed by atoms with E-state index in [0.29, 0.717) is 10.9 Å². The molecule has 15 heteroatoms. The van der Waals surface area contributed by atoms with E-state index < -0.39 is 43.7 Å². The Kier molecular flexibility index (Phi) is 13.0. The lowest BCUT2D eigenvalue weighted by Crippen LogP contribution is -2.46. The van der Waals surface area contributed by atoms with Gasteiger partial charge in [-0.25, -0.2) is 17.5 Å². The molecule has 0 unspecified atom stereocenters. The van der Waals surface area contributed by atoms with E-state index in [1.165, 1.54) is 40.7 Å². The zero-order valence-electron chi connectivity index (χ0n) is 31.0. The third kappa shape index (κ3) is 10.4. The fraction of sp³-hybridized carbons (Fsp3) is 0.436. The molecule has 0 aliphatic carbocycles. The van der Waals surface area contributed by atoms with Crippen LogP contribution in [0.5, 0.6) is 5.75 Å². The van der Waals surface area contributed by atoms with E-state index in [4.69, 9.17) is 16.3 Å². The number of nitrogens with zero attached hydrogens (tertiary/aromatic N) is 4. The number of anilines is 1. The van der Waals surface area contributed by atoms with Crippen molar-refractivity contribution in [1.82, 2.24) is 14.5 Å². The lowest BCUT2D eigenvalue weighted by atomic mass is 9.92. The first-order chi connectivity index (χ1) is 25.5. The molecule has 54 heavy (non-hydrogen) atoms. The summed E-state index contributed by atoms with van der Waals surface area (Å²) in [7, 11) is -4.52. The molecule has 0 bridgehead atoms. The zero-order valence-corrected chi connectivity index (χ0v) is 32.6. The Bertz CT molecular complexity index is 1970. The predicted molar refractivity (Wildman–Crippen MR) is 207 cm³/mol. The fourth-order valence-corrected chi connectivity index (χ4v) is 7.88. The summed E-state index contributed by atoms with van der Waals surface area (Å²) in [5.74, 6) is -0.867. The molecule has 2 fully saturated rings. The number of allylic oxidation sites excluding steroid dienone is 1. The first-order valence-corrected chi connectivity index (χ1v) is 19.8. The maximum atomic E-state index is 15.3. The maximum absolute atomic E-state index is 15.3. The molecule has 0 saturated carbocycles. The highest BCUT2D eigenvalue weighted by Gasteiger charge is 2.37. The average Bonchev–Trinajstić information content (AvgIpc) is 3.13. The van der Waals surface area contributed by atoms with Crippen LogP contribution in [0.4, 0.5) is 15.8 Å². The standard InChI is InChI=1S/C39H47ClFN5O7S/c1-27(2)23-35(30-5-9-32(40)10-6-30)28(3)25-43-19-21-45(22-20-43)33-11-7-31(8-12-33)38(48)42-54(51,52)34-13-14-37(36(24-34)46(49)50)53-26-39(41)15-17-44(18-16-39)29(4)47/h5-14,24,27H,15-23,25-26H2,1-4H3,(H,42,48). The van der Waals surface area contributed by atoms with E-state index in [2.05, 4.69) is 42.7 Å². The number of benzene rings is 3. The van der Waals surface area contributed by atoms with Crippen molar-refractivity contribution in [1.29, 1.82) is 0 Å². The van der Waals surface area contributed by atoms with Crippen LogP contribution < -0.4 is 14.4 Å². The van der Waals surface area contributed by atoms with Crippen LogP contribution in [-0.2, 0) is 14.8 Å². The monoisotopic (exact) mass is 783 g/mol. The Hall–Kier alpha value is -4.53. The number of sulfonamides is 1. The first-order valence-electron chi connectivity index (χ1n) is 18.0. The highest BCUT2D eigenvalue weighted by Crippen LogP contribution is 2.34. The average molecular weight is 784 g/mol. The molecule has 0 spiro atoms. The van der Waals surface area contributed by atoms with Crippen LogP contribution >= 0.6 is 11.6 Å². The Balaban J connectivity index is 1.17. The number of piperidine rings is 1. The summed E-state index contributed by atoms with van der Waals surface area (Å²) in [6.45, 7) is 12.0. The number of piperazine rings is 1. The van der Waals surface area contributed by atoms with Crippen molar-refractivity contribution < 1.29 is 32.1 Å². The summed E-state index contributed by atoms with van der Waals surface area (Å²) in [4.78, 5) is 41.2. The third-order valence-corrected chi connectivity index (χ3v) is 11.5. The van der Waals surface area contributed by atoms with E-state index in [1.807, 2.05) is 16.9 Å². The van der Waals surface area contributed by atoms with Gasteiger partial charge in [0.25, 0.3) is 15.9 Å². The minimum Gasteiger partial charge on any atom is -0.483 e. The van der Waals surface area contributed by atoms with Gasteiger partial charge in [0.05, 0.1) is 9.82 Å². The molecule has 2 aliphatic heterocycles. The highest BCUT2D eigenvalue weighted by molar-refractivity contribution is 7.90. The third-order valence-electron chi connectivity index (χ3n) is 9.90. The van der Waals surface area contributed by atoms with Crippen LogP contribution in [0.25, 0.3) is 5.57 Å². The van der Waals surface area contributed by atoms with Crippen LogP contribution in [-0.4, -0.2) is 93.0 Å². The normalized spacial score (nSPS) is 16.9. The van der Waals surface area contributed by atoms with E-state index in [0.717, 1.165) is 63.0 Å². The SMILES string of the molecule is CC(=O)N1CCC(F)(COc2ccc(S(=O)(=O)NC(=O)c3ccc(N4CCN(CC(C)=C(CC(C)C)c5ccc(Cl)cc5)CC4)cc3)cc2[N+](=O)[O-])CC1. The zero-order chi connectivity index (χ0) is 39.2. The predicted octanol–water partition coefficient (Wildman–Crippen LogP) is 6.74. The Morgan fingerprint density at radius 1 is 0.944 bits per heavy atom. The first kappa shape index (κ1) is 40.7. The summed E-state index contributed by atoms with van der Waals surface area (Å²) in [6, 6.07) is 17.5. The van der Waals surface area contributed by atoms with Gasteiger partial charge >= 0.3 is 5.69 Å². The van der Waals surface area contributed by atoms with Crippen molar-refractivity contribution in [3.05, 3.63) is 98.6 Å². The summed E-state index contributed by atoms with van der Waals surface area (Å²) in [6.07, 6.45) is 0.975. The largest absolute Gasteiger partial charge is 0.483 e. The smallest absolute Gasteiger partial charge is 0.312 e. The van der Waals surface area contributed by atoms with Gasteiger partial charge in [-0.2, -0.15) is 0 Å². The number of amides is 2. The van der Waals surface area contributed by atoms with E-state index in [1.54, 1.807) is 12.1 Å². The highest BCUT2D eigenvalue weighted by atomic mass is 35.5. The van der Waals surface area contributed by atoms with Crippen LogP contribution in [0.3, 0.4) is 0 Å². The minimum atomic E-state index is -4.52. The van der Waals surface area contributed by atoms with Crippen LogP contribution in [0.15, 0.2) is 77.2 Å². The number of halogens is 2. The molecule has 3 aromatic rings. The molecule has 0 radical (unpaired) electrons. The molecule has 2 saturated heterocycles. The van der Waals surface area contributed by atoms with Crippen LogP contribution in [0.2, 0.25) is 5.02 Å². The van der Waals surface area contributed by atoms with Gasteiger partial charge in [0.2, 0.25) is 5.91 Å². The molecule has 2 aliphatic rings. The number of nitrogens with one attached hydrogen (secondary N) is 1. The second-order valence-electron chi connectivity index (χ2n) is 14.4. The van der Waals surface area contributed by atoms with Crippen molar-refractivity contribution in [3.63, 3.8) is 0 Å². The van der Waals surface area contributed by atoms with Gasteiger partial charge in [-0.1, -0.05) is 43.2 Å². The van der Waals surface area contributed by atoms with E-state index in [9.17, 15) is 28.1 Å². The molecule has 0 atom stereocenters. The van der Waals surface area contributed by atoms with Gasteiger partial charge in [0.1, 0.15) is 12.3 Å². The molecule has 3 aromatic carbocycles. The maximum Gasteiger partial charge on any atom is 0.312 e. The van der Waals surface area contributed by atoms with Gasteiger partial charge in [0, 0.05) is 87.9 Å². The Morgan fingerprint density at radius 3 is 2.13 bits per heavy atom. The summed E-state index contributed by atoms with van der Waals surface area (Å²) in [5.41, 5.74) is 2.36. The number of hydrogen-bond acceptors (Lipinski definition) is 9. The lowest BCUT2D eigenvalue weighted by Gasteiger charge is -2.36. The van der Waals surface area contributed by atoms with Gasteiger partial charge in [-0.3, -0.25) is 24.6 Å². The second kappa shape index (κ2) is 17.3. The second-order valence-corrected chi connectivity index (χ2v) is 16.6. The molecule has 12 nitrogen and oxygen atoms in total. The number of nitro benzene ring substituents is 1. The number of carbonyl (C=O) groups is 2. The van der Waals surface area contributed by atoms with Gasteiger partial charge in [-0.15, -0.1) is 0 Å². The topological polar surface area (TPSA) is 142 Å².